The number of nitrogens with zero attached hydrogens (tertiary/aromatic N) is 2. The summed E-state index contributed by atoms with van der Waals surface area (Å²) in [5.74, 6) is 0.919. The van der Waals surface area contributed by atoms with Gasteiger partial charge in [0, 0.05) is 18.2 Å². The van der Waals surface area contributed by atoms with Crippen LogP contribution in [0.2, 0.25) is 5.15 Å². The number of aromatic nitrogens is 2. The quantitative estimate of drug-likeness (QED) is 0.778. The predicted molar refractivity (Wildman–Crippen MR) is 83.2 cm³/mol. The molecule has 0 aliphatic carbocycles. The van der Waals surface area contributed by atoms with E-state index in [-0.39, 0.29) is 5.82 Å². The molecule has 20 heavy (non-hydrogen) atoms. The molecule has 0 saturated heterocycles. The molecule has 0 fully saturated rings. The summed E-state index contributed by atoms with van der Waals surface area (Å²) in [7, 11) is 0. The summed E-state index contributed by atoms with van der Waals surface area (Å²) in [6, 6.07) is 4.77. The molecule has 0 aliphatic heterocycles. The highest BCUT2D eigenvalue weighted by Gasteiger charge is 2.08. The van der Waals surface area contributed by atoms with Gasteiger partial charge in [-0.2, -0.15) is 0 Å². The molecular weight excluding hydrogens is 345 g/mol. The van der Waals surface area contributed by atoms with Crippen LogP contribution in [0, 0.1) is 12.7 Å². The molecule has 0 unspecified atom stereocenters. The molecule has 0 radical (unpaired) electrons. The molecule has 2 rings (SSSR count). The first-order valence-electron chi connectivity index (χ1n) is 6.25. The average Bonchev–Trinajstić information content (AvgIpc) is 2.35. The number of benzene rings is 1. The van der Waals surface area contributed by atoms with Gasteiger partial charge in [-0.3, -0.25) is 0 Å². The lowest BCUT2D eigenvalue weighted by molar-refractivity contribution is 0.621. The molecule has 6 heteroatoms. The maximum Gasteiger partial charge on any atom is 0.139 e. The van der Waals surface area contributed by atoms with Crippen molar-refractivity contribution in [2.45, 2.75) is 26.7 Å². The molecule has 0 atom stereocenters. The van der Waals surface area contributed by atoms with E-state index in [2.05, 4.69) is 31.2 Å². The minimum absolute atomic E-state index is 0.327. The third-order valence-corrected chi connectivity index (χ3v) is 3.55. The molecule has 1 aromatic carbocycles. The molecule has 2 aromatic rings. The number of anilines is 2. The minimum atomic E-state index is -0.327. The maximum absolute atomic E-state index is 13.6. The smallest absolute Gasteiger partial charge is 0.139 e. The van der Waals surface area contributed by atoms with E-state index in [1.54, 1.807) is 12.1 Å². The molecule has 1 aromatic heterocycles. The lowest BCUT2D eigenvalue weighted by Gasteiger charge is -2.11. The summed E-state index contributed by atoms with van der Waals surface area (Å²) in [4.78, 5) is 8.52. The van der Waals surface area contributed by atoms with E-state index in [0.29, 0.717) is 27.0 Å². The molecular formula is C14H14BrClFN3. The number of halogens is 3. The number of rotatable bonds is 4. The average molecular weight is 359 g/mol. The topological polar surface area (TPSA) is 37.8 Å². The first-order valence-corrected chi connectivity index (χ1v) is 7.43. The van der Waals surface area contributed by atoms with Gasteiger partial charge in [0.05, 0.1) is 4.47 Å². The monoisotopic (exact) mass is 357 g/mol. The SMILES string of the molecule is CCCc1nc(Cl)cc(Nc2cc(F)c(Br)cc2C)n1. The third-order valence-electron chi connectivity index (χ3n) is 2.74. The zero-order valence-electron chi connectivity index (χ0n) is 11.2. The van der Waals surface area contributed by atoms with Crippen LogP contribution in [0.25, 0.3) is 0 Å². The van der Waals surface area contributed by atoms with Crippen LogP contribution in [-0.4, -0.2) is 9.97 Å². The van der Waals surface area contributed by atoms with Gasteiger partial charge in [0.1, 0.15) is 22.6 Å². The number of aryl methyl sites for hydroxylation is 2. The highest BCUT2D eigenvalue weighted by Crippen LogP contribution is 2.26. The van der Waals surface area contributed by atoms with Gasteiger partial charge in [0.25, 0.3) is 0 Å². The van der Waals surface area contributed by atoms with Gasteiger partial charge in [-0.1, -0.05) is 18.5 Å². The highest BCUT2D eigenvalue weighted by atomic mass is 79.9. The first-order chi connectivity index (χ1) is 9.49. The Morgan fingerprint density at radius 1 is 1.30 bits per heavy atom. The molecule has 0 saturated carbocycles. The van der Waals surface area contributed by atoms with E-state index in [1.165, 1.54) is 6.07 Å². The Labute approximate surface area is 130 Å². The number of nitrogens with one attached hydrogen (secondary N) is 1. The van der Waals surface area contributed by atoms with E-state index >= 15 is 0 Å². The van der Waals surface area contributed by atoms with Crippen LogP contribution in [-0.2, 0) is 6.42 Å². The Morgan fingerprint density at radius 3 is 2.75 bits per heavy atom. The fourth-order valence-corrected chi connectivity index (χ4v) is 2.44. The van der Waals surface area contributed by atoms with Gasteiger partial charge in [-0.15, -0.1) is 0 Å². The largest absolute Gasteiger partial charge is 0.340 e. The van der Waals surface area contributed by atoms with Crippen LogP contribution in [0.3, 0.4) is 0 Å². The van der Waals surface area contributed by atoms with E-state index in [1.807, 2.05) is 13.8 Å². The van der Waals surface area contributed by atoms with Gasteiger partial charge in [0.15, 0.2) is 0 Å². The fraction of sp³-hybridized carbons (Fsp3) is 0.286. The summed E-state index contributed by atoms with van der Waals surface area (Å²) in [6.07, 6.45) is 1.69. The van der Waals surface area contributed by atoms with Crippen molar-refractivity contribution in [3.8, 4) is 0 Å². The van der Waals surface area contributed by atoms with E-state index < -0.39 is 0 Å². The first kappa shape index (κ1) is 15.2. The Morgan fingerprint density at radius 2 is 2.05 bits per heavy atom. The molecule has 0 bridgehead atoms. The third kappa shape index (κ3) is 3.67. The lowest BCUT2D eigenvalue weighted by Crippen LogP contribution is -2.02. The van der Waals surface area contributed by atoms with Crippen molar-refractivity contribution < 1.29 is 4.39 Å². The number of hydrogen-bond acceptors (Lipinski definition) is 3. The predicted octanol–water partition coefficient (Wildman–Crippen LogP) is 5.04. The van der Waals surface area contributed by atoms with Gasteiger partial charge in [-0.25, -0.2) is 14.4 Å². The molecule has 1 heterocycles. The zero-order chi connectivity index (χ0) is 14.7. The van der Waals surface area contributed by atoms with Crippen molar-refractivity contribution in [3.05, 3.63) is 45.0 Å². The second-order valence-corrected chi connectivity index (χ2v) is 5.69. The van der Waals surface area contributed by atoms with Gasteiger partial charge < -0.3 is 5.32 Å². The van der Waals surface area contributed by atoms with Crippen LogP contribution in [0.4, 0.5) is 15.9 Å². The molecule has 106 valence electrons. The lowest BCUT2D eigenvalue weighted by atomic mass is 10.2. The zero-order valence-corrected chi connectivity index (χ0v) is 13.5. The summed E-state index contributed by atoms with van der Waals surface area (Å²) >= 11 is 9.14. The van der Waals surface area contributed by atoms with Crippen molar-refractivity contribution in [2.75, 3.05) is 5.32 Å². The summed E-state index contributed by atoms with van der Waals surface area (Å²) in [5.41, 5.74) is 1.56. The molecule has 0 aliphatic rings. The normalized spacial score (nSPS) is 10.7. The van der Waals surface area contributed by atoms with Crippen LogP contribution in [0.15, 0.2) is 22.7 Å². The highest BCUT2D eigenvalue weighted by molar-refractivity contribution is 9.10. The van der Waals surface area contributed by atoms with Crippen LogP contribution < -0.4 is 5.32 Å². The second-order valence-electron chi connectivity index (χ2n) is 4.45. The van der Waals surface area contributed by atoms with Crippen molar-refractivity contribution in [3.63, 3.8) is 0 Å². The standard InChI is InChI=1S/C14H14BrClFN3/c1-3-4-13-19-12(16)7-14(20-13)18-11-6-10(17)9(15)5-8(11)2/h5-7H,3-4H2,1-2H3,(H,18,19,20). The van der Waals surface area contributed by atoms with Gasteiger partial charge in [-0.05, 0) is 47.0 Å². The van der Waals surface area contributed by atoms with Crippen LogP contribution in [0.1, 0.15) is 24.7 Å². The number of hydrogen-bond donors (Lipinski definition) is 1. The van der Waals surface area contributed by atoms with Crippen LogP contribution in [0.5, 0.6) is 0 Å². The van der Waals surface area contributed by atoms with Crippen molar-refractivity contribution in [1.82, 2.24) is 9.97 Å². The van der Waals surface area contributed by atoms with Crippen molar-refractivity contribution in [2.24, 2.45) is 0 Å². The summed E-state index contributed by atoms with van der Waals surface area (Å²) in [6.45, 7) is 3.94. The van der Waals surface area contributed by atoms with Crippen LogP contribution >= 0.6 is 27.5 Å². The Balaban J connectivity index is 2.32. The summed E-state index contributed by atoms with van der Waals surface area (Å²) < 4.78 is 14.0. The van der Waals surface area contributed by atoms with E-state index in [4.69, 9.17) is 11.6 Å². The fourth-order valence-electron chi connectivity index (χ4n) is 1.78. The maximum atomic E-state index is 13.6. The Bertz CT molecular complexity index is 634. The molecule has 0 amide bonds. The van der Waals surface area contributed by atoms with Gasteiger partial charge >= 0.3 is 0 Å². The molecule has 1 N–H and O–H groups in total. The Kier molecular flexibility index (Phi) is 4.94. The minimum Gasteiger partial charge on any atom is -0.340 e. The molecule has 0 spiro atoms. The van der Waals surface area contributed by atoms with E-state index in [0.717, 1.165) is 18.4 Å². The Hall–Kier alpha value is -1.20. The van der Waals surface area contributed by atoms with E-state index in [9.17, 15) is 4.39 Å². The second kappa shape index (κ2) is 6.50. The molecule has 3 nitrogen and oxygen atoms in total. The van der Waals surface area contributed by atoms with Gasteiger partial charge in [0.2, 0.25) is 0 Å². The van der Waals surface area contributed by atoms with Crippen molar-refractivity contribution >= 4 is 39.0 Å². The summed E-state index contributed by atoms with van der Waals surface area (Å²) in [5, 5.41) is 3.46. The van der Waals surface area contributed by atoms with Crippen molar-refractivity contribution in [1.29, 1.82) is 0 Å².